The molecule has 2 aromatic carbocycles. The Kier molecular flexibility index (Phi) is 4.29. The van der Waals surface area contributed by atoms with Gasteiger partial charge in [0.1, 0.15) is 16.6 Å². The number of nitrogens with zero attached hydrogens (tertiary/aromatic N) is 2. The molecule has 0 aliphatic carbocycles. The summed E-state index contributed by atoms with van der Waals surface area (Å²) in [5.41, 5.74) is 1.87. The maximum absolute atomic E-state index is 13.1. The monoisotopic (exact) mass is 361 g/mol. The molecular formula is C20H19N5O2. The number of rotatable bonds is 4. The highest BCUT2D eigenvalue weighted by molar-refractivity contribution is 6.15. The highest BCUT2D eigenvalue weighted by Gasteiger charge is 2.21. The molecule has 0 radical (unpaired) electrons. The van der Waals surface area contributed by atoms with Crippen molar-refractivity contribution in [1.29, 1.82) is 0 Å². The lowest BCUT2D eigenvalue weighted by molar-refractivity contribution is 0.0951. The summed E-state index contributed by atoms with van der Waals surface area (Å²) in [6.07, 6.45) is 3.48. The fraction of sp³-hybridized carbons (Fsp3) is 0.200. The van der Waals surface area contributed by atoms with Crippen molar-refractivity contribution in [3.8, 4) is 0 Å². The molecule has 1 unspecified atom stereocenters. The Balaban J connectivity index is 2.03. The van der Waals surface area contributed by atoms with Crippen LogP contribution in [0.4, 0.5) is 0 Å². The molecule has 0 saturated heterocycles. The number of likely N-dealkylation sites (N-methyl/N-ethyl adjacent to an activating group) is 1. The zero-order valence-corrected chi connectivity index (χ0v) is 15.0. The van der Waals surface area contributed by atoms with Crippen molar-refractivity contribution in [3.63, 3.8) is 0 Å². The van der Waals surface area contributed by atoms with Gasteiger partial charge in [-0.15, -0.1) is 0 Å². The minimum atomic E-state index is -0.436. The third-order valence-corrected chi connectivity index (χ3v) is 4.69. The van der Waals surface area contributed by atoms with Gasteiger partial charge in [-0.05, 0) is 20.0 Å². The van der Waals surface area contributed by atoms with Gasteiger partial charge < -0.3 is 15.6 Å². The minimum Gasteiger partial charge on any atom is -0.366 e. The van der Waals surface area contributed by atoms with E-state index in [1.165, 1.54) is 0 Å². The number of aromatic nitrogens is 3. The van der Waals surface area contributed by atoms with Crippen molar-refractivity contribution >= 4 is 38.7 Å². The average Bonchev–Trinajstić information content (AvgIpc) is 2.71. The van der Waals surface area contributed by atoms with Gasteiger partial charge in [0, 0.05) is 35.8 Å². The van der Waals surface area contributed by atoms with Gasteiger partial charge in [-0.1, -0.05) is 24.3 Å². The molecule has 2 heterocycles. The molecule has 27 heavy (non-hydrogen) atoms. The third kappa shape index (κ3) is 2.92. The van der Waals surface area contributed by atoms with Gasteiger partial charge >= 0.3 is 0 Å². The molecule has 4 rings (SSSR count). The summed E-state index contributed by atoms with van der Waals surface area (Å²) < 4.78 is 0. The lowest BCUT2D eigenvalue weighted by Gasteiger charge is -2.13. The van der Waals surface area contributed by atoms with Gasteiger partial charge in [0.05, 0.1) is 11.0 Å². The Morgan fingerprint density at radius 3 is 2.63 bits per heavy atom. The molecule has 4 aromatic rings. The second-order valence-corrected chi connectivity index (χ2v) is 6.49. The van der Waals surface area contributed by atoms with Crippen molar-refractivity contribution in [2.45, 2.75) is 13.0 Å². The quantitative estimate of drug-likeness (QED) is 0.381. The Morgan fingerprint density at radius 2 is 1.85 bits per heavy atom. The van der Waals surface area contributed by atoms with Gasteiger partial charge in [-0.25, -0.2) is 9.97 Å². The molecule has 0 aliphatic heterocycles. The van der Waals surface area contributed by atoms with Crippen LogP contribution >= 0.6 is 0 Å². The van der Waals surface area contributed by atoms with Crippen LogP contribution < -0.4 is 16.1 Å². The SMILES string of the molecule is CNC(C)CNC(=O)c1c(=O)c2ccccc2c2nc3c[nH]ccc3nc12. The van der Waals surface area contributed by atoms with Gasteiger partial charge in [0.25, 0.3) is 5.91 Å². The van der Waals surface area contributed by atoms with E-state index in [2.05, 4.69) is 25.6 Å². The number of fused-ring (bicyclic) bond motifs is 4. The molecule has 0 aliphatic rings. The molecule has 0 fully saturated rings. The predicted octanol–water partition coefficient (Wildman–Crippen LogP) is 1.96. The minimum absolute atomic E-state index is 0.0363. The number of pyridine rings is 1. The second kappa shape index (κ2) is 6.77. The van der Waals surface area contributed by atoms with E-state index in [-0.39, 0.29) is 17.0 Å². The first kappa shape index (κ1) is 17.1. The molecule has 1 amide bonds. The number of nitrogens with one attached hydrogen (secondary N) is 3. The van der Waals surface area contributed by atoms with E-state index in [0.717, 1.165) is 0 Å². The molecule has 7 heteroatoms. The van der Waals surface area contributed by atoms with Crippen molar-refractivity contribution < 1.29 is 4.79 Å². The van der Waals surface area contributed by atoms with Gasteiger partial charge in [0.15, 0.2) is 0 Å². The van der Waals surface area contributed by atoms with E-state index in [1.807, 2.05) is 26.1 Å². The molecule has 7 nitrogen and oxygen atoms in total. The Labute approximate surface area is 154 Å². The lowest BCUT2D eigenvalue weighted by Crippen LogP contribution is -2.38. The van der Waals surface area contributed by atoms with Gasteiger partial charge in [-0.3, -0.25) is 9.59 Å². The number of aromatic amines is 1. The normalized spacial score (nSPS) is 12.5. The zero-order chi connectivity index (χ0) is 19.0. The van der Waals surface area contributed by atoms with Crippen molar-refractivity contribution in [1.82, 2.24) is 25.6 Å². The number of H-pyrrole nitrogens is 1. The van der Waals surface area contributed by atoms with Crippen LogP contribution in [0.25, 0.3) is 32.8 Å². The van der Waals surface area contributed by atoms with E-state index >= 15 is 0 Å². The van der Waals surface area contributed by atoms with E-state index in [9.17, 15) is 9.59 Å². The third-order valence-electron chi connectivity index (χ3n) is 4.69. The highest BCUT2D eigenvalue weighted by Crippen LogP contribution is 2.24. The molecular weight excluding hydrogens is 342 g/mol. The maximum atomic E-state index is 13.1. The topological polar surface area (TPSA) is 99.8 Å². The Bertz CT molecular complexity index is 1230. The first-order valence-electron chi connectivity index (χ1n) is 8.75. The smallest absolute Gasteiger partial charge is 0.257 e. The van der Waals surface area contributed by atoms with Crippen molar-refractivity contribution in [2.24, 2.45) is 0 Å². The van der Waals surface area contributed by atoms with Crippen molar-refractivity contribution in [2.75, 3.05) is 13.6 Å². The first-order valence-corrected chi connectivity index (χ1v) is 8.75. The maximum Gasteiger partial charge on any atom is 0.257 e. The van der Waals surface area contributed by atoms with Crippen LogP contribution in [-0.4, -0.2) is 40.5 Å². The van der Waals surface area contributed by atoms with Gasteiger partial charge in [-0.2, -0.15) is 0 Å². The van der Waals surface area contributed by atoms with Crippen LogP contribution in [0.1, 0.15) is 17.3 Å². The van der Waals surface area contributed by atoms with Crippen LogP contribution in [0, 0.1) is 0 Å². The molecule has 3 N–H and O–H groups in total. The molecule has 0 bridgehead atoms. The summed E-state index contributed by atoms with van der Waals surface area (Å²) in [5.74, 6) is -0.436. The fourth-order valence-electron chi connectivity index (χ4n) is 3.08. The van der Waals surface area contributed by atoms with Crippen molar-refractivity contribution in [3.05, 3.63) is 58.5 Å². The number of carbonyl (C=O) groups is 1. The molecule has 136 valence electrons. The summed E-state index contributed by atoms with van der Waals surface area (Å²) >= 11 is 0. The Hall–Kier alpha value is -3.32. The number of amides is 1. The van der Waals surface area contributed by atoms with Crippen LogP contribution in [0.3, 0.4) is 0 Å². The molecule has 0 spiro atoms. The second-order valence-electron chi connectivity index (χ2n) is 6.49. The van der Waals surface area contributed by atoms with E-state index in [0.29, 0.717) is 39.4 Å². The lowest BCUT2D eigenvalue weighted by atomic mass is 10.0. The molecule has 0 saturated carbocycles. The fourth-order valence-corrected chi connectivity index (χ4v) is 3.08. The first-order chi connectivity index (χ1) is 13.1. The van der Waals surface area contributed by atoms with E-state index in [4.69, 9.17) is 0 Å². The summed E-state index contributed by atoms with van der Waals surface area (Å²) in [5, 5.41) is 7.03. The van der Waals surface area contributed by atoms with E-state index < -0.39 is 5.91 Å². The van der Waals surface area contributed by atoms with Crippen LogP contribution in [0.5, 0.6) is 0 Å². The summed E-state index contributed by atoms with van der Waals surface area (Å²) in [4.78, 5) is 38.2. The number of hydrogen-bond acceptors (Lipinski definition) is 5. The average molecular weight is 361 g/mol. The molecule has 2 aromatic heterocycles. The summed E-state index contributed by atoms with van der Waals surface area (Å²) in [7, 11) is 1.82. The largest absolute Gasteiger partial charge is 0.366 e. The highest BCUT2D eigenvalue weighted by atomic mass is 16.2. The Morgan fingerprint density at radius 1 is 1.11 bits per heavy atom. The predicted molar refractivity (Wildman–Crippen MR) is 106 cm³/mol. The number of benzene rings is 2. The van der Waals surface area contributed by atoms with Crippen LogP contribution in [0.15, 0.2) is 47.5 Å². The van der Waals surface area contributed by atoms with E-state index in [1.54, 1.807) is 30.6 Å². The van der Waals surface area contributed by atoms with Crippen LogP contribution in [0.2, 0.25) is 0 Å². The summed E-state index contributed by atoms with van der Waals surface area (Å²) in [6.45, 7) is 2.35. The number of hydrogen-bond donors (Lipinski definition) is 3. The standard InChI is InChI=1S/C20H19N5O2/c1-11(21-2)9-23-20(27)16-18-17(12-5-3-4-6-13(12)19(16)26)25-15-10-22-8-7-14(15)24-18/h3-8,10-11,21-22H,9H2,1-2H3,(H,23,27). The summed E-state index contributed by atoms with van der Waals surface area (Å²) in [6, 6.07) is 9.02. The van der Waals surface area contributed by atoms with Gasteiger partial charge in [0.2, 0.25) is 5.43 Å². The zero-order valence-electron chi connectivity index (χ0n) is 15.0. The number of carbonyl (C=O) groups excluding carboxylic acids is 1. The van der Waals surface area contributed by atoms with Crippen LogP contribution in [-0.2, 0) is 0 Å². The molecule has 1 atom stereocenters.